The molecule has 0 aliphatic rings. The van der Waals surface area contributed by atoms with Gasteiger partial charge in [-0.1, -0.05) is 70.5 Å². The average Bonchev–Trinajstić information content (AvgIpc) is 3.39. The predicted octanol–water partition coefficient (Wildman–Crippen LogP) is 9.11. The van der Waals surface area contributed by atoms with Crippen molar-refractivity contribution in [2.45, 2.75) is 0 Å². The summed E-state index contributed by atoms with van der Waals surface area (Å²) >= 11 is 3.62. The molecule has 7 rings (SSSR count). The average molecular weight is 488 g/mol. The lowest BCUT2D eigenvalue weighted by Crippen LogP contribution is -1.92. The highest BCUT2D eigenvalue weighted by molar-refractivity contribution is 9.10. The molecule has 2 heterocycles. The molecule has 0 aliphatic heterocycles. The maximum absolute atomic E-state index is 6.16. The van der Waals surface area contributed by atoms with E-state index in [2.05, 4.69) is 111 Å². The fourth-order valence-corrected chi connectivity index (χ4v) is 5.40. The highest BCUT2D eigenvalue weighted by atomic mass is 79.9. The fourth-order valence-electron chi connectivity index (χ4n) is 5.04. The molecule has 3 heteroatoms. The Bertz CT molecular complexity index is 1830. The summed E-state index contributed by atoms with van der Waals surface area (Å²) in [6.45, 7) is 0. The smallest absolute Gasteiger partial charge is 0.136 e. The maximum Gasteiger partial charge on any atom is 0.136 e. The van der Waals surface area contributed by atoms with Gasteiger partial charge in [0, 0.05) is 31.7 Å². The lowest BCUT2D eigenvalue weighted by molar-refractivity contribution is 0.669. The zero-order chi connectivity index (χ0) is 21.9. The molecule has 33 heavy (non-hydrogen) atoms. The topological polar surface area (TPSA) is 18.1 Å². The molecular formula is C30H18BrNO. The van der Waals surface area contributed by atoms with Gasteiger partial charge in [0.05, 0.1) is 11.0 Å². The third kappa shape index (κ3) is 2.79. The van der Waals surface area contributed by atoms with Crippen LogP contribution in [0.25, 0.3) is 60.6 Å². The SMILES string of the molecule is Brc1ccc2oc3cccc(-c4ccc5c(c4)c4ccccc4n5-c4ccccc4)c3c2c1. The highest BCUT2D eigenvalue weighted by Crippen LogP contribution is 2.40. The van der Waals surface area contributed by atoms with Crippen molar-refractivity contribution in [3.05, 3.63) is 114 Å². The van der Waals surface area contributed by atoms with Gasteiger partial charge < -0.3 is 8.98 Å². The molecule has 0 saturated carbocycles. The molecule has 0 aliphatic carbocycles. The van der Waals surface area contributed by atoms with Crippen LogP contribution in [0.2, 0.25) is 0 Å². The highest BCUT2D eigenvalue weighted by Gasteiger charge is 2.16. The number of fused-ring (bicyclic) bond motifs is 6. The van der Waals surface area contributed by atoms with Crippen LogP contribution in [0.1, 0.15) is 0 Å². The number of furan rings is 1. The van der Waals surface area contributed by atoms with Crippen LogP contribution in [-0.4, -0.2) is 4.57 Å². The number of para-hydroxylation sites is 2. The van der Waals surface area contributed by atoms with Crippen LogP contribution in [-0.2, 0) is 0 Å². The van der Waals surface area contributed by atoms with Gasteiger partial charge in [-0.25, -0.2) is 0 Å². The van der Waals surface area contributed by atoms with E-state index < -0.39 is 0 Å². The van der Waals surface area contributed by atoms with Gasteiger partial charge in [-0.2, -0.15) is 0 Å². The summed E-state index contributed by atoms with van der Waals surface area (Å²) in [6.07, 6.45) is 0. The summed E-state index contributed by atoms with van der Waals surface area (Å²) in [5.74, 6) is 0. The minimum atomic E-state index is 0.905. The van der Waals surface area contributed by atoms with Gasteiger partial charge in [0.1, 0.15) is 11.2 Å². The van der Waals surface area contributed by atoms with Crippen molar-refractivity contribution < 1.29 is 4.42 Å². The standard InChI is InChI=1S/C30H18BrNO/c31-20-14-16-28-25(18-20)30-22(10-6-12-29(30)33-28)19-13-15-27-24(17-19)23-9-4-5-11-26(23)32(27)21-7-2-1-3-8-21/h1-18H. The molecule has 2 aromatic heterocycles. The van der Waals surface area contributed by atoms with Gasteiger partial charge >= 0.3 is 0 Å². The van der Waals surface area contributed by atoms with Gasteiger partial charge in [-0.05, 0) is 65.7 Å². The molecular weight excluding hydrogens is 470 g/mol. The minimum absolute atomic E-state index is 0.905. The quantitative estimate of drug-likeness (QED) is 0.237. The zero-order valence-electron chi connectivity index (χ0n) is 17.6. The first-order valence-corrected chi connectivity index (χ1v) is 11.8. The van der Waals surface area contributed by atoms with E-state index in [0.29, 0.717) is 0 Å². The Morgan fingerprint density at radius 1 is 0.576 bits per heavy atom. The third-order valence-electron chi connectivity index (χ3n) is 6.46. The molecule has 156 valence electrons. The number of aromatic nitrogens is 1. The molecule has 0 saturated heterocycles. The van der Waals surface area contributed by atoms with Gasteiger partial charge in [0.2, 0.25) is 0 Å². The van der Waals surface area contributed by atoms with Crippen molar-refractivity contribution in [3.8, 4) is 16.8 Å². The number of hydrogen-bond acceptors (Lipinski definition) is 1. The number of rotatable bonds is 2. The summed E-state index contributed by atoms with van der Waals surface area (Å²) in [7, 11) is 0. The van der Waals surface area contributed by atoms with Crippen LogP contribution in [0.4, 0.5) is 0 Å². The van der Waals surface area contributed by atoms with E-state index >= 15 is 0 Å². The van der Waals surface area contributed by atoms with E-state index in [1.807, 2.05) is 18.2 Å². The van der Waals surface area contributed by atoms with E-state index in [1.54, 1.807) is 0 Å². The van der Waals surface area contributed by atoms with Crippen LogP contribution >= 0.6 is 15.9 Å². The first kappa shape index (κ1) is 18.7. The van der Waals surface area contributed by atoms with E-state index in [0.717, 1.165) is 26.4 Å². The van der Waals surface area contributed by atoms with E-state index in [1.165, 1.54) is 38.6 Å². The Labute approximate surface area is 198 Å². The van der Waals surface area contributed by atoms with Crippen molar-refractivity contribution in [1.82, 2.24) is 4.57 Å². The Kier molecular flexibility index (Phi) is 4.02. The van der Waals surface area contributed by atoms with Crippen molar-refractivity contribution in [1.29, 1.82) is 0 Å². The second kappa shape index (κ2) is 7.09. The summed E-state index contributed by atoms with van der Waals surface area (Å²) in [5, 5.41) is 4.78. The summed E-state index contributed by atoms with van der Waals surface area (Å²) in [6, 6.07) is 38.5. The van der Waals surface area contributed by atoms with Crippen LogP contribution in [0.15, 0.2) is 118 Å². The normalized spacial score (nSPS) is 11.8. The molecule has 7 aromatic rings. The third-order valence-corrected chi connectivity index (χ3v) is 6.95. The van der Waals surface area contributed by atoms with Crippen molar-refractivity contribution in [3.63, 3.8) is 0 Å². The van der Waals surface area contributed by atoms with E-state index in [-0.39, 0.29) is 0 Å². The van der Waals surface area contributed by atoms with Crippen molar-refractivity contribution in [2.75, 3.05) is 0 Å². The molecule has 0 atom stereocenters. The second-order valence-electron chi connectivity index (χ2n) is 8.34. The van der Waals surface area contributed by atoms with Crippen molar-refractivity contribution in [2.24, 2.45) is 0 Å². The number of nitrogens with zero attached hydrogens (tertiary/aromatic N) is 1. The first-order chi connectivity index (χ1) is 16.3. The van der Waals surface area contributed by atoms with Gasteiger partial charge in [0.25, 0.3) is 0 Å². The summed E-state index contributed by atoms with van der Waals surface area (Å²) in [4.78, 5) is 0. The van der Waals surface area contributed by atoms with Gasteiger partial charge in [0.15, 0.2) is 0 Å². The first-order valence-electron chi connectivity index (χ1n) is 11.0. The van der Waals surface area contributed by atoms with Crippen molar-refractivity contribution >= 4 is 59.7 Å². The Morgan fingerprint density at radius 3 is 2.30 bits per heavy atom. The van der Waals surface area contributed by atoms with Crippen LogP contribution in [0.5, 0.6) is 0 Å². The minimum Gasteiger partial charge on any atom is -0.456 e. The molecule has 0 bridgehead atoms. The molecule has 0 fully saturated rings. The van der Waals surface area contributed by atoms with Crippen LogP contribution in [0.3, 0.4) is 0 Å². The largest absolute Gasteiger partial charge is 0.456 e. The number of benzene rings is 5. The molecule has 0 spiro atoms. The van der Waals surface area contributed by atoms with Crippen LogP contribution < -0.4 is 0 Å². The Hall–Kier alpha value is -3.82. The van der Waals surface area contributed by atoms with E-state index in [9.17, 15) is 0 Å². The maximum atomic E-state index is 6.16. The Balaban J connectivity index is 1.55. The fraction of sp³-hybridized carbons (Fsp3) is 0. The van der Waals surface area contributed by atoms with Gasteiger partial charge in [-0.3, -0.25) is 0 Å². The molecule has 0 radical (unpaired) electrons. The van der Waals surface area contributed by atoms with Gasteiger partial charge in [-0.15, -0.1) is 0 Å². The molecule has 0 amide bonds. The Morgan fingerprint density at radius 2 is 1.39 bits per heavy atom. The molecule has 2 nitrogen and oxygen atoms in total. The van der Waals surface area contributed by atoms with E-state index in [4.69, 9.17) is 4.42 Å². The molecule has 0 unspecified atom stereocenters. The lowest BCUT2D eigenvalue weighted by Gasteiger charge is -2.08. The number of halogens is 1. The summed E-state index contributed by atoms with van der Waals surface area (Å²) in [5.41, 5.74) is 7.78. The lowest BCUT2D eigenvalue weighted by atomic mass is 9.98. The second-order valence-corrected chi connectivity index (χ2v) is 9.26. The molecule has 0 N–H and O–H groups in total. The number of hydrogen-bond donors (Lipinski definition) is 0. The summed E-state index contributed by atoms with van der Waals surface area (Å²) < 4.78 is 9.56. The molecule has 5 aromatic carbocycles. The monoisotopic (exact) mass is 487 g/mol. The predicted molar refractivity (Wildman–Crippen MR) is 141 cm³/mol. The zero-order valence-corrected chi connectivity index (χ0v) is 19.2. The van der Waals surface area contributed by atoms with Crippen LogP contribution in [0, 0.1) is 0 Å².